The Morgan fingerprint density at radius 2 is 2.12 bits per heavy atom. The molecule has 2 aromatic rings. The van der Waals surface area contributed by atoms with Crippen LogP contribution in [0.15, 0.2) is 36.5 Å². The monoisotopic (exact) mass is 219 g/mol. The minimum absolute atomic E-state index is 0.249. The fraction of sp³-hybridized carbons (Fsp3) is 0.0909. The first kappa shape index (κ1) is 10.4. The van der Waals surface area contributed by atoms with Crippen LogP contribution in [0.25, 0.3) is 0 Å². The molecule has 3 N–H and O–H groups in total. The quantitative estimate of drug-likeness (QED) is 0.813. The Hall–Kier alpha value is -2.17. The van der Waals surface area contributed by atoms with E-state index in [0.29, 0.717) is 5.69 Å². The second-order valence-corrected chi connectivity index (χ2v) is 3.37. The highest BCUT2D eigenvalue weighted by Crippen LogP contribution is 2.24. The van der Waals surface area contributed by atoms with Gasteiger partial charge in [0.2, 0.25) is 5.91 Å². The van der Waals surface area contributed by atoms with Crippen molar-refractivity contribution in [3.63, 3.8) is 0 Å². The van der Waals surface area contributed by atoms with Gasteiger partial charge in [-0.25, -0.2) is 4.39 Å². The fourth-order valence-electron chi connectivity index (χ4n) is 1.61. The fourth-order valence-corrected chi connectivity index (χ4v) is 1.61. The van der Waals surface area contributed by atoms with Crippen LogP contribution in [0.4, 0.5) is 4.39 Å². The largest absolute Gasteiger partial charge is 0.369 e. The van der Waals surface area contributed by atoms with Gasteiger partial charge in [0, 0.05) is 11.8 Å². The average molecular weight is 219 g/mol. The Balaban J connectivity index is 2.50. The van der Waals surface area contributed by atoms with Gasteiger partial charge in [0.15, 0.2) is 0 Å². The van der Waals surface area contributed by atoms with E-state index in [-0.39, 0.29) is 5.56 Å². The van der Waals surface area contributed by atoms with Crippen molar-refractivity contribution in [2.45, 2.75) is 5.92 Å². The van der Waals surface area contributed by atoms with E-state index in [9.17, 15) is 9.18 Å². The van der Waals surface area contributed by atoms with Crippen molar-refractivity contribution in [3.05, 3.63) is 53.6 Å². The molecule has 0 saturated heterocycles. The second-order valence-electron chi connectivity index (χ2n) is 3.37. The molecule has 0 aliphatic rings. The molecule has 1 amide bonds. The third-order valence-electron chi connectivity index (χ3n) is 2.33. The van der Waals surface area contributed by atoms with Gasteiger partial charge in [-0.2, -0.15) is 5.10 Å². The van der Waals surface area contributed by atoms with Crippen molar-refractivity contribution in [1.82, 2.24) is 10.2 Å². The van der Waals surface area contributed by atoms with Crippen molar-refractivity contribution in [3.8, 4) is 0 Å². The summed E-state index contributed by atoms with van der Waals surface area (Å²) in [6.07, 6.45) is 1.49. The first-order valence-corrected chi connectivity index (χ1v) is 4.73. The van der Waals surface area contributed by atoms with Gasteiger partial charge >= 0.3 is 0 Å². The van der Waals surface area contributed by atoms with Gasteiger partial charge in [0.1, 0.15) is 11.7 Å². The summed E-state index contributed by atoms with van der Waals surface area (Å²) in [7, 11) is 0. The van der Waals surface area contributed by atoms with E-state index in [0.717, 1.165) is 0 Å². The molecule has 1 heterocycles. The van der Waals surface area contributed by atoms with Crippen LogP contribution < -0.4 is 5.73 Å². The molecule has 0 bridgehead atoms. The molecule has 5 heteroatoms. The number of nitrogens with one attached hydrogen (secondary N) is 1. The summed E-state index contributed by atoms with van der Waals surface area (Å²) in [5, 5.41) is 6.35. The molecule has 0 radical (unpaired) electrons. The van der Waals surface area contributed by atoms with Crippen LogP contribution in [0.1, 0.15) is 17.2 Å². The molecule has 1 aromatic carbocycles. The first-order valence-electron chi connectivity index (χ1n) is 4.73. The number of nitrogens with zero attached hydrogens (tertiary/aromatic N) is 1. The predicted octanol–water partition coefficient (Wildman–Crippen LogP) is 1.17. The van der Waals surface area contributed by atoms with E-state index < -0.39 is 17.6 Å². The SMILES string of the molecule is NC(=O)C(c1ccn[nH]1)c1ccccc1F. The van der Waals surface area contributed by atoms with E-state index in [2.05, 4.69) is 10.2 Å². The van der Waals surface area contributed by atoms with Crippen LogP contribution in [-0.4, -0.2) is 16.1 Å². The standard InChI is InChI=1S/C11H10FN3O/c12-8-4-2-1-3-7(8)10(11(13)16)9-5-6-14-15-9/h1-6,10H,(H2,13,16)(H,14,15). The summed E-state index contributed by atoms with van der Waals surface area (Å²) in [6.45, 7) is 0. The molecule has 82 valence electrons. The van der Waals surface area contributed by atoms with Gasteiger partial charge in [-0.3, -0.25) is 9.89 Å². The van der Waals surface area contributed by atoms with Gasteiger partial charge < -0.3 is 5.73 Å². The lowest BCUT2D eigenvalue weighted by Gasteiger charge is -2.12. The number of primary amides is 1. The minimum Gasteiger partial charge on any atom is -0.369 e. The van der Waals surface area contributed by atoms with E-state index in [1.807, 2.05) is 0 Å². The zero-order valence-corrected chi connectivity index (χ0v) is 8.35. The maximum atomic E-state index is 13.5. The van der Waals surface area contributed by atoms with Crippen molar-refractivity contribution in [2.75, 3.05) is 0 Å². The van der Waals surface area contributed by atoms with Gasteiger partial charge in [0.25, 0.3) is 0 Å². The summed E-state index contributed by atoms with van der Waals surface area (Å²) in [6, 6.07) is 7.64. The Kier molecular flexibility index (Phi) is 2.68. The molecule has 1 aromatic heterocycles. The molecule has 2 rings (SSSR count). The number of H-pyrrole nitrogens is 1. The van der Waals surface area contributed by atoms with Crippen LogP contribution in [0, 0.1) is 5.82 Å². The van der Waals surface area contributed by atoms with Crippen molar-refractivity contribution >= 4 is 5.91 Å². The van der Waals surface area contributed by atoms with E-state index in [4.69, 9.17) is 5.73 Å². The van der Waals surface area contributed by atoms with Crippen molar-refractivity contribution in [1.29, 1.82) is 0 Å². The number of hydrogen-bond donors (Lipinski definition) is 2. The smallest absolute Gasteiger partial charge is 0.231 e. The Morgan fingerprint density at radius 1 is 1.38 bits per heavy atom. The third-order valence-corrected chi connectivity index (χ3v) is 2.33. The number of benzene rings is 1. The topological polar surface area (TPSA) is 71.8 Å². The molecule has 0 spiro atoms. The number of amides is 1. The number of carbonyl (C=O) groups excluding carboxylic acids is 1. The molecule has 0 aliphatic heterocycles. The predicted molar refractivity (Wildman–Crippen MR) is 56.0 cm³/mol. The van der Waals surface area contributed by atoms with Crippen LogP contribution in [-0.2, 0) is 4.79 Å². The molecule has 4 nitrogen and oxygen atoms in total. The second kappa shape index (κ2) is 4.14. The lowest BCUT2D eigenvalue weighted by molar-refractivity contribution is -0.118. The molecular formula is C11H10FN3O. The van der Waals surface area contributed by atoms with E-state index in [1.54, 1.807) is 18.2 Å². The lowest BCUT2D eigenvalue weighted by atomic mass is 9.95. The van der Waals surface area contributed by atoms with Gasteiger partial charge in [-0.05, 0) is 12.1 Å². The maximum absolute atomic E-state index is 13.5. The van der Waals surface area contributed by atoms with Crippen LogP contribution >= 0.6 is 0 Å². The van der Waals surface area contributed by atoms with Crippen molar-refractivity contribution < 1.29 is 9.18 Å². The minimum atomic E-state index is -0.830. The summed E-state index contributed by atoms with van der Waals surface area (Å²) < 4.78 is 13.5. The number of nitrogens with two attached hydrogens (primary N) is 1. The molecular weight excluding hydrogens is 209 g/mol. The number of halogens is 1. The third kappa shape index (κ3) is 1.79. The number of aromatic nitrogens is 2. The number of rotatable bonds is 3. The molecule has 16 heavy (non-hydrogen) atoms. The van der Waals surface area contributed by atoms with Gasteiger partial charge in [-0.15, -0.1) is 0 Å². The van der Waals surface area contributed by atoms with Crippen molar-refractivity contribution in [2.24, 2.45) is 5.73 Å². The number of aromatic amines is 1. The number of hydrogen-bond acceptors (Lipinski definition) is 2. The van der Waals surface area contributed by atoms with Gasteiger partial charge in [-0.1, -0.05) is 18.2 Å². The van der Waals surface area contributed by atoms with Crippen LogP contribution in [0.2, 0.25) is 0 Å². The Labute approximate surface area is 91.3 Å². The van der Waals surface area contributed by atoms with Crippen LogP contribution in [0.5, 0.6) is 0 Å². The summed E-state index contributed by atoms with van der Waals surface area (Å²) >= 11 is 0. The normalized spacial score (nSPS) is 12.3. The summed E-state index contributed by atoms with van der Waals surface area (Å²) in [5.74, 6) is -1.90. The van der Waals surface area contributed by atoms with Gasteiger partial charge in [0.05, 0.1) is 5.69 Å². The first-order chi connectivity index (χ1) is 7.70. The molecule has 0 aliphatic carbocycles. The Morgan fingerprint density at radius 3 is 2.69 bits per heavy atom. The molecule has 1 unspecified atom stereocenters. The highest BCUT2D eigenvalue weighted by Gasteiger charge is 2.24. The molecule has 1 atom stereocenters. The lowest BCUT2D eigenvalue weighted by Crippen LogP contribution is -2.23. The zero-order chi connectivity index (χ0) is 11.5. The van der Waals surface area contributed by atoms with Crippen LogP contribution in [0.3, 0.4) is 0 Å². The molecule has 0 saturated carbocycles. The Bertz CT molecular complexity index is 496. The van der Waals surface area contributed by atoms with E-state index >= 15 is 0 Å². The van der Waals surface area contributed by atoms with E-state index in [1.165, 1.54) is 18.3 Å². The maximum Gasteiger partial charge on any atom is 0.231 e. The number of carbonyl (C=O) groups is 1. The highest BCUT2D eigenvalue weighted by molar-refractivity contribution is 5.85. The molecule has 0 fully saturated rings. The highest BCUT2D eigenvalue weighted by atomic mass is 19.1. The summed E-state index contributed by atoms with van der Waals surface area (Å²) in [5.41, 5.74) is 6.01. The average Bonchev–Trinajstić information content (AvgIpc) is 2.74. The summed E-state index contributed by atoms with van der Waals surface area (Å²) in [4.78, 5) is 11.4. The zero-order valence-electron chi connectivity index (χ0n) is 8.35.